The average Bonchev–Trinajstić information content (AvgIpc) is 3.05. The number of aliphatic hydroxyl groups is 1. The van der Waals surface area contributed by atoms with Crippen molar-refractivity contribution in [3.63, 3.8) is 0 Å². The summed E-state index contributed by atoms with van der Waals surface area (Å²) in [5.41, 5.74) is -0.0510. The summed E-state index contributed by atoms with van der Waals surface area (Å²) in [5.74, 6) is 1.08. The van der Waals surface area contributed by atoms with Gasteiger partial charge >= 0.3 is 0 Å². The number of thiazole rings is 1. The van der Waals surface area contributed by atoms with Gasteiger partial charge in [0.05, 0.1) is 6.61 Å². The highest BCUT2D eigenvalue weighted by molar-refractivity contribution is 8.00. The van der Waals surface area contributed by atoms with Gasteiger partial charge in [0.1, 0.15) is 4.34 Å². The van der Waals surface area contributed by atoms with Crippen molar-refractivity contribution in [3.8, 4) is 0 Å². The van der Waals surface area contributed by atoms with E-state index in [0.717, 1.165) is 29.4 Å². The molecule has 0 aliphatic heterocycles. The average molecular weight is 286 g/mol. The molecule has 0 saturated heterocycles. The van der Waals surface area contributed by atoms with Crippen LogP contribution in [0.3, 0.4) is 0 Å². The van der Waals surface area contributed by atoms with Crippen LogP contribution >= 0.6 is 23.1 Å². The summed E-state index contributed by atoms with van der Waals surface area (Å²) >= 11 is 3.52. The maximum atomic E-state index is 9.66. The molecule has 1 aromatic heterocycles. The van der Waals surface area contributed by atoms with Gasteiger partial charge in [0.25, 0.3) is 0 Å². The van der Waals surface area contributed by atoms with Gasteiger partial charge in [0.15, 0.2) is 0 Å². The lowest BCUT2D eigenvalue weighted by Gasteiger charge is -2.32. The summed E-state index contributed by atoms with van der Waals surface area (Å²) in [5, 5.41) is 15.3. The van der Waals surface area contributed by atoms with Gasteiger partial charge in [-0.2, -0.15) is 0 Å². The van der Waals surface area contributed by atoms with Crippen LogP contribution in [0.2, 0.25) is 0 Å². The standard InChI is InChI=1S/C13H22N2OS2/c1-2-13(10-16,15-11-4-5-11)6-3-8-17-12-14-7-9-18-12/h7,9,11,15-16H,2-6,8,10H2,1H3. The summed E-state index contributed by atoms with van der Waals surface area (Å²) < 4.78 is 1.15. The SMILES string of the molecule is CCC(CO)(CCCSc1nccs1)NC1CC1. The predicted molar refractivity (Wildman–Crippen MR) is 78.3 cm³/mol. The molecule has 1 heterocycles. The van der Waals surface area contributed by atoms with Crippen LogP contribution in [0, 0.1) is 0 Å². The van der Waals surface area contributed by atoms with Crippen LogP contribution in [-0.4, -0.2) is 34.0 Å². The van der Waals surface area contributed by atoms with E-state index < -0.39 is 0 Å². The Hall–Kier alpha value is -0.100. The van der Waals surface area contributed by atoms with Crippen LogP contribution in [0.4, 0.5) is 0 Å². The first-order valence-corrected chi connectivity index (χ1v) is 8.55. The Bertz CT molecular complexity index is 335. The number of nitrogens with zero attached hydrogens (tertiary/aromatic N) is 1. The largest absolute Gasteiger partial charge is 0.394 e. The molecule has 18 heavy (non-hydrogen) atoms. The lowest BCUT2D eigenvalue weighted by atomic mass is 9.91. The highest BCUT2D eigenvalue weighted by atomic mass is 32.2. The van der Waals surface area contributed by atoms with E-state index in [1.54, 1.807) is 11.3 Å². The zero-order valence-corrected chi connectivity index (χ0v) is 12.5. The van der Waals surface area contributed by atoms with Gasteiger partial charge in [-0.3, -0.25) is 0 Å². The van der Waals surface area contributed by atoms with Gasteiger partial charge in [-0.15, -0.1) is 11.3 Å². The molecular weight excluding hydrogens is 264 g/mol. The van der Waals surface area contributed by atoms with Gasteiger partial charge < -0.3 is 10.4 Å². The molecule has 0 spiro atoms. The smallest absolute Gasteiger partial charge is 0.149 e. The van der Waals surface area contributed by atoms with Crippen molar-refractivity contribution < 1.29 is 5.11 Å². The molecule has 1 saturated carbocycles. The Balaban J connectivity index is 1.71. The number of aliphatic hydroxyl groups excluding tert-OH is 1. The van der Waals surface area contributed by atoms with E-state index in [4.69, 9.17) is 0 Å². The van der Waals surface area contributed by atoms with Crippen molar-refractivity contribution in [3.05, 3.63) is 11.6 Å². The third kappa shape index (κ3) is 4.23. The minimum Gasteiger partial charge on any atom is -0.394 e. The number of thioether (sulfide) groups is 1. The topological polar surface area (TPSA) is 45.2 Å². The lowest BCUT2D eigenvalue weighted by molar-refractivity contribution is 0.144. The van der Waals surface area contributed by atoms with Crippen LogP contribution < -0.4 is 5.32 Å². The molecule has 0 amide bonds. The molecule has 2 rings (SSSR count). The van der Waals surface area contributed by atoms with Gasteiger partial charge in [-0.05, 0) is 32.1 Å². The van der Waals surface area contributed by atoms with E-state index in [0.29, 0.717) is 6.04 Å². The highest BCUT2D eigenvalue weighted by Gasteiger charge is 2.33. The zero-order chi connectivity index (χ0) is 12.8. The molecule has 1 aliphatic carbocycles. The second-order valence-corrected chi connectivity index (χ2v) is 7.20. The molecule has 2 N–H and O–H groups in total. The maximum Gasteiger partial charge on any atom is 0.149 e. The van der Waals surface area contributed by atoms with E-state index in [1.807, 2.05) is 23.3 Å². The molecule has 102 valence electrons. The molecule has 1 fully saturated rings. The summed E-state index contributed by atoms with van der Waals surface area (Å²) in [6.45, 7) is 2.42. The lowest BCUT2D eigenvalue weighted by Crippen LogP contribution is -2.49. The molecule has 5 heteroatoms. The Morgan fingerprint density at radius 2 is 2.44 bits per heavy atom. The fourth-order valence-electron chi connectivity index (χ4n) is 2.10. The predicted octanol–water partition coefficient (Wildman–Crippen LogP) is 2.91. The maximum absolute atomic E-state index is 9.66. The van der Waals surface area contributed by atoms with E-state index in [-0.39, 0.29) is 12.1 Å². The van der Waals surface area contributed by atoms with Crippen molar-refractivity contribution in [2.45, 2.75) is 54.9 Å². The monoisotopic (exact) mass is 286 g/mol. The van der Waals surface area contributed by atoms with E-state index in [9.17, 15) is 5.11 Å². The normalized spacial score (nSPS) is 18.8. The summed E-state index contributed by atoms with van der Waals surface area (Å²) in [7, 11) is 0. The fourth-order valence-corrected chi connectivity index (χ4v) is 3.75. The quantitative estimate of drug-likeness (QED) is 0.541. The van der Waals surface area contributed by atoms with Crippen LogP contribution in [0.1, 0.15) is 39.0 Å². The van der Waals surface area contributed by atoms with Crippen molar-refractivity contribution >= 4 is 23.1 Å². The van der Waals surface area contributed by atoms with E-state index in [1.165, 1.54) is 12.8 Å². The second kappa shape index (κ2) is 6.89. The first-order valence-electron chi connectivity index (χ1n) is 6.69. The van der Waals surface area contributed by atoms with Crippen molar-refractivity contribution in [1.82, 2.24) is 10.3 Å². The third-order valence-electron chi connectivity index (χ3n) is 3.50. The van der Waals surface area contributed by atoms with Crippen molar-refractivity contribution in [2.75, 3.05) is 12.4 Å². The molecule has 1 atom stereocenters. The van der Waals surface area contributed by atoms with Crippen LogP contribution in [0.5, 0.6) is 0 Å². The Labute approximate surface area is 117 Å². The number of hydrogen-bond donors (Lipinski definition) is 2. The van der Waals surface area contributed by atoms with Crippen LogP contribution in [0.15, 0.2) is 15.9 Å². The molecule has 0 aromatic carbocycles. The summed E-state index contributed by atoms with van der Waals surface area (Å²) in [6, 6.07) is 0.656. The molecule has 1 aliphatic rings. The minimum absolute atomic E-state index is 0.0510. The molecule has 1 aromatic rings. The summed E-state index contributed by atoms with van der Waals surface area (Å²) in [4.78, 5) is 4.27. The van der Waals surface area contributed by atoms with Gasteiger partial charge in [0, 0.05) is 28.9 Å². The van der Waals surface area contributed by atoms with Crippen LogP contribution in [-0.2, 0) is 0 Å². The zero-order valence-electron chi connectivity index (χ0n) is 10.9. The number of aromatic nitrogens is 1. The number of hydrogen-bond acceptors (Lipinski definition) is 5. The van der Waals surface area contributed by atoms with Crippen LogP contribution in [0.25, 0.3) is 0 Å². The fraction of sp³-hybridized carbons (Fsp3) is 0.769. The third-order valence-corrected chi connectivity index (χ3v) is 5.55. The summed E-state index contributed by atoms with van der Waals surface area (Å²) in [6.07, 6.45) is 7.58. The first-order chi connectivity index (χ1) is 8.78. The first kappa shape index (κ1) is 14.3. The molecule has 1 unspecified atom stereocenters. The Morgan fingerprint density at radius 3 is 3.00 bits per heavy atom. The van der Waals surface area contributed by atoms with Gasteiger partial charge in [-0.25, -0.2) is 4.98 Å². The molecular formula is C13H22N2OS2. The number of nitrogens with one attached hydrogen (secondary N) is 1. The second-order valence-electron chi connectivity index (χ2n) is 4.96. The van der Waals surface area contributed by atoms with E-state index in [2.05, 4.69) is 17.2 Å². The van der Waals surface area contributed by atoms with E-state index >= 15 is 0 Å². The van der Waals surface area contributed by atoms with Gasteiger partial charge in [0.2, 0.25) is 0 Å². The van der Waals surface area contributed by atoms with Gasteiger partial charge in [-0.1, -0.05) is 18.7 Å². The molecule has 0 radical (unpaired) electrons. The highest BCUT2D eigenvalue weighted by Crippen LogP contribution is 2.28. The molecule has 3 nitrogen and oxygen atoms in total. The van der Waals surface area contributed by atoms with Crippen molar-refractivity contribution in [2.24, 2.45) is 0 Å². The minimum atomic E-state index is -0.0510. The Morgan fingerprint density at radius 1 is 1.61 bits per heavy atom. The van der Waals surface area contributed by atoms with Crippen molar-refractivity contribution in [1.29, 1.82) is 0 Å². The Kier molecular flexibility index (Phi) is 5.48. The number of rotatable bonds is 9. The molecule has 0 bridgehead atoms.